The van der Waals surface area contributed by atoms with E-state index >= 15 is 0 Å². The number of rotatable bonds is 4. The molecule has 1 aliphatic rings. The van der Waals surface area contributed by atoms with Gasteiger partial charge in [-0.1, -0.05) is 35.0 Å². The summed E-state index contributed by atoms with van der Waals surface area (Å²) in [6, 6.07) is 8.54. The third-order valence-corrected chi connectivity index (χ3v) is 5.93. The van der Waals surface area contributed by atoms with Crippen LogP contribution >= 0.6 is 15.9 Å². The van der Waals surface area contributed by atoms with Crippen molar-refractivity contribution in [3.63, 3.8) is 0 Å². The van der Waals surface area contributed by atoms with Gasteiger partial charge < -0.3 is 5.32 Å². The summed E-state index contributed by atoms with van der Waals surface area (Å²) in [5.74, 6) is 0.625. The standard InChI is InChI=1S/C14H20BrNO2S/c1-2-14(11-5-7-12(15)8-6-11)16-13-4-3-9-19(17,18)10-13/h5-8,13-14,16H,2-4,9-10H2,1H3. The summed E-state index contributed by atoms with van der Waals surface area (Å²) >= 11 is 3.43. The predicted octanol–water partition coefficient (Wildman–Crippen LogP) is 3.07. The lowest BCUT2D eigenvalue weighted by Gasteiger charge is -2.28. The van der Waals surface area contributed by atoms with Gasteiger partial charge in [0.05, 0.1) is 11.5 Å². The van der Waals surface area contributed by atoms with E-state index in [9.17, 15) is 8.42 Å². The van der Waals surface area contributed by atoms with E-state index in [0.717, 1.165) is 23.7 Å². The van der Waals surface area contributed by atoms with Crippen LogP contribution in [-0.4, -0.2) is 26.0 Å². The van der Waals surface area contributed by atoms with Gasteiger partial charge in [0.2, 0.25) is 0 Å². The molecule has 2 atom stereocenters. The number of sulfone groups is 1. The molecule has 2 rings (SSSR count). The zero-order valence-electron chi connectivity index (χ0n) is 11.1. The molecule has 1 saturated heterocycles. The maximum absolute atomic E-state index is 11.7. The number of nitrogens with one attached hydrogen (secondary N) is 1. The Morgan fingerprint density at radius 3 is 2.63 bits per heavy atom. The zero-order chi connectivity index (χ0) is 13.9. The summed E-state index contributed by atoms with van der Waals surface area (Å²) in [6.45, 7) is 2.12. The van der Waals surface area contributed by atoms with E-state index in [-0.39, 0.29) is 17.8 Å². The van der Waals surface area contributed by atoms with Gasteiger partial charge in [0.1, 0.15) is 0 Å². The van der Waals surface area contributed by atoms with Crippen molar-refractivity contribution in [3.05, 3.63) is 34.3 Å². The van der Waals surface area contributed by atoms with Crippen LogP contribution in [-0.2, 0) is 9.84 Å². The highest BCUT2D eigenvalue weighted by Gasteiger charge is 2.26. The first kappa shape index (κ1) is 15.0. The van der Waals surface area contributed by atoms with Crippen molar-refractivity contribution in [1.29, 1.82) is 0 Å². The van der Waals surface area contributed by atoms with E-state index in [2.05, 4.69) is 40.3 Å². The minimum atomic E-state index is -2.84. The van der Waals surface area contributed by atoms with E-state index < -0.39 is 9.84 Å². The predicted molar refractivity (Wildman–Crippen MR) is 82.0 cm³/mol. The molecule has 5 heteroatoms. The third-order valence-electron chi connectivity index (χ3n) is 3.58. The van der Waals surface area contributed by atoms with Crippen molar-refractivity contribution in [2.45, 2.75) is 38.3 Å². The van der Waals surface area contributed by atoms with Crippen LogP contribution in [0.25, 0.3) is 0 Å². The number of hydrogen-bond acceptors (Lipinski definition) is 3. The van der Waals surface area contributed by atoms with Crippen LogP contribution in [0.3, 0.4) is 0 Å². The van der Waals surface area contributed by atoms with Crippen LogP contribution < -0.4 is 5.32 Å². The molecule has 19 heavy (non-hydrogen) atoms. The van der Waals surface area contributed by atoms with E-state index in [4.69, 9.17) is 0 Å². The Labute approximate surface area is 123 Å². The van der Waals surface area contributed by atoms with Gasteiger partial charge in [-0.15, -0.1) is 0 Å². The van der Waals surface area contributed by atoms with Crippen molar-refractivity contribution in [2.24, 2.45) is 0 Å². The minimum Gasteiger partial charge on any atom is -0.306 e. The van der Waals surface area contributed by atoms with E-state index in [1.54, 1.807) is 0 Å². The summed E-state index contributed by atoms with van der Waals surface area (Å²) < 4.78 is 24.4. The molecule has 1 N–H and O–H groups in total. The van der Waals surface area contributed by atoms with Crippen LogP contribution in [0.15, 0.2) is 28.7 Å². The summed E-state index contributed by atoms with van der Waals surface area (Å²) in [7, 11) is -2.84. The Morgan fingerprint density at radius 1 is 1.37 bits per heavy atom. The van der Waals surface area contributed by atoms with Gasteiger partial charge in [-0.3, -0.25) is 0 Å². The van der Waals surface area contributed by atoms with Crippen molar-refractivity contribution < 1.29 is 8.42 Å². The fourth-order valence-corrected chi connectivity index (χ4v) is 4.50. The van der Waals surface area contributed by atoms with Crippen LogP contribution in [0.5, 0.6) is 0 Å². The Bertz CT molecular complexity index is 513. The first-order chi connectivity index (χ1) is 9.00. The number of benzene rings is 1. The second-order valence-electron chi connectivity index (χ2n) is 5.13. The maximum Gasteiger partial charge on any atom is 0.151 e. The number of halogens is 1. The van der Waals surface area contributed by atoms with Gasteiger partial charge in [-0.2, -0.15) is 0 Å². The Balaban J connectivity index is 2.05. The topological polar surface area (TPSA) is 46.2 Å². The molecule has 0 saturated carbocycles. The summed E-state index contributed by atoms with van der Waals surface area (Å²) in [4.78, 5) is 0. The Hall–Kier alpha value is -0.390. The maximum atomic E-state index is 11.7. The van der Waals surface area contributed by atoms with Gasteiger partial charge in [0.15, 0.2) is 9.84 Å². The molecule has 1 fully saturated rings. The molecule has 3 nitrogen and oxygen atoms in total. The minimum absolute atomic E-state index is 0.0901. The normalized spacial score (nSPS) is 24.0. The molecule has 0 aromatic heterocycles. The lowest BCUT2D eigenvalue weighted by molar-refractivity contribution is 0.413. The second kappa shape index (κ2) is 6.37. The lowest BCUT2D eigenvalue weighted by atomic mass is 10.0. The molecule has 1 heterocycles. The van der Waals surface area contributed by atoms with Gasteiger partial charge in [0.25, 0.3) is 0 Å². The molecule has 1 aliphatic heterocycles. The Morgan fingerprint density at radius 2 is 2.05 bits per heavy atom. The van der Waals surface area contributed by atoms with E-state index in [1.165, 1.54) is 5.56 Å². The smallest absolute Gasteiger partial charge is 0.151 e. The fourth-order valence-electron chi connectivity index (χ4n) is 2.58. The average molecular weight is 346 g/mol. The molecule has 0 spiro atoms. The van der Waals surface area contributed by atoms with Crippen molar-refractivity contribution >= 4 is 25.8 Å². The highest BCUT2D eigenvalue weighted by Crippen LogP contribution is 2.22. The average Bonchev–Trinajstić information content (AvgIpc) is 2.36. The fraction of sp³-hybridized carbons (Fsp3) is 0.571. The highest BCUT2D eigenvalue weighted by molar-refractivity contribution is 9.10. The third kappa shape index (κ3) is 4.29. The lowest BCUT2D eigenvalue weighted by Crippen LogP contribution is -2.41. The van der Waals surface area contributed by atoms with Crippen LogP contribution in [0, 0.1) is 0 Å². The zero-order valence-corrected chi connectivity index (χ0v) is 13.5. The molecule has 0 aliphatic carbocycles. The van der Waals surface area contributed by atoms with Crippen molar-refractivity contribution in [1.82, 2.24) is 5.32 Å². The summed E-state index contributed by atoms with van der Waals surface area (Å²) in [5.41, 5.74) is 1.22. The van der Waals surface area contributed by atoms with Gasteiger partial charge in [-0.25, -0.2) is 8.42 Å². The molecular formula is C14H20BrNO2S. The molecule has 1 aromatic rings. The van der Waals surface area contributed by atoms with Crippen LogP contribution in [0.1, 0.15) is 37.8 Å². The van der Waals surface area contributed by atoms with Crippen LogP contribution in [0.4, 0.5) is 0 Å². The molecule has 2 unspecified atom stereocenters. The van der Waals surface area contributed by atoms with Crippen LogP contribution in [0.2, 0.25) is 0 Å². The summed E-state index contributed by atoms with van der Waals surface area (Å²) in [5, 5.41) is 3.50. The first-order valence-electron chi connectivity index (χ1n) is 6.72. The highest BCUT2D eigenvalue weighted by atomic mass is 79.9. The molecule has 106 valence electrons. The first-order valence-corrected chi connectivity index (χ1v) is 9.33. The molecule has 0 bridgehead atoms. The Kier molecular flexibility index (Phi) is 5.03. The van der Waals surface area contributed by atoms with E-state index in [1.807, 2.05) is 12.1 Å². The van der Waals surface area contributed by atoms with Gasteiger partial charge >= 0.3 is 0 Å². The quantitative estimate of drug-likeness (QED) is 0.911. The van der Waals surface area contributed by atoms with Crippen molar-refractivity contribution in [3.8, 4) is 0 Å². The largest absolute Gasteiger partial charge is 0.306 e. The molecule has 0 amide bonds. The molecule has 0 radical (unpaired) electrons. The van der Waals surface area contributed by atoms with Gasteiger partial charge in [-0.05, 0) is 37.0 Å². The number of hydrogen-bond donors (Lipinski definition) is 1. The van der Waals surface area contributed by atoms with Crippen molar-refractivity contribution in [2.75, 3.05) is 11.5 Å². The second-order valence-corrected chi connectivity index (χ2v) is 8.28. The monoisotopic (exact) mass is 345 g/mol. The van der Waals surface area contributed by atoms with Gasteiger partial charge in [0, 0.05) is 16.6 Å². The SMILES string of the molecule is CCC(NC1CCCS(=O)(=O)C1)c1ccc(Br)cc1. The molecular weight excluding hydrogens is 326 g/mol. The van der Waals surface area contributed by atoms with E-state index in [0.29, 0.717) is 5.75 Å². The summed E-state index contributed by atoms with van der Waals surface area (Å²) in [6.07, 6.45) is 2.68. The molecule has 1 aromatic carbocycles.